The number of halogens is 3. The topological polar surface area (TPSA) is 88.7 Å². The Balaban J connectivity index is 1.21. The predicted octanol–water partition coefficient (Wildman–Crippen LogP) is 5.29. The van der Waals surface area contributed by atoms with Crippen LogP contribution in [0.25, 0.3) is 0 Å². The Kier molecular flexibility index (Phi) is 10.3. The highest BCUT2D eigenvalue weighted by Gasteiger charge is 2.35. The standard InChI is InChI=1S/C31H45F3N8O/c1-3-22-20-24(23-8-18-41(19-9-23)25-10-16-40(2)17-11-25)6-7-27(22)38-29-37-21-26(31(32,33)34)28(39-29)35-12-4-14-42-15-5-13-36-30(42)43/h6-7,20-21,23,25H,3-5,8-19H2,1-2H3,(H,36,43)(H2,35,37,38,39). The molecular formula is C31H45F3N8O. The molecule has 0 spiro atoms. The van der Waals surface area contributed by atoms with E-state index in [1.165, 1.54) is 31.5 Å². The van der Waals surface area contributed by atoms with Gasteiger partial charge in [-0.1, -0.05) is 19.1 Å². The van der Waals surface area contributed by atoms with Crippen molar-refractivity contribution in [1.82, 2.24) is 30.0 Å². The second-order valence-corrected chi connectivity index (χ2v) is 12.0. The number of urea groups is 1. The molecule has 0 saturated carbocycles. The van der Waals surface area contributed by atoms with Crippen molar-refractivity contribution in [3.8, 4) is 0 Å². The first kappa shape index (κ1) is 31.3. The summed E-state index contributed by atoms with van der Waals surface area (Å²) in [6.07, 6.45) is 3.15. The number of aromatic nitrogens is 2. The third-order valence-corrected chi connectivity index (χ3v) is 9.12. The summed E-state index contributed by atoms with van der Waals surface area (Å²) in [5.41, 5.74) is 2.31. The highest BCUT2D eigenvalue weighted by molar-refractivity contribution is 5.74. The lowest BCUT2D eigenvalue weighted by Gasteiger charge is -2.41. The number of hydrogen-bond acceptors (Lipinski definition) is 7. The molecule has 5 rings (SSSR count). The van der Waals surface area contributed by atoms with Crippen LogP contribution in [0.2, 0.25) is 0 Å². The fourth-order valence-corrected chi connectivity index (χ4v) is 6.51. The van der Waals surface area contributed by atoms with Crippen LogP contribution in [0, 0.1) is 0 Å². The lowest BCUT2D eigenvalue weighted by atomic mass is 9.86. The minimum Gasteiger partial charge on any atom is -0.369 e. The number of hydrogen-bond donors (Lipinski definition) is 3. The molecule has 12 heteroatoms. The number of nitrogens with zero attached hydrogens (tertiary/aromatic N) is 5. The van der Waals surface area contributed by atoms with Crippen LogP contribution in [0.15, 0.2) is 24.4 Å². The van der Waals surface area contributed by atoms with Gasteiger partial charge >= 0.3 is 12.2 Å². The SMILES string of the molecule is CCc1cc(C2CCN(C3CCN(C)CC3)CC2)ccc1Nc1ncc(C(F)(F)F)c(NCCCN2CCCNC2=O)n1. The predicted molar refractivity (Wildman–Crippen MR) is 163 cm³/mol. The maximum Gasteiger partial charge on any atom is 0.421 e. The molecular weight excluding hydrogens is 557 g/mol. The Morgan fingerprint density at radius 2 is 1.84 bits per heavy atom. The number of likely N-dealkylation sites (tertiary alicyclic amines) is 2. The highest BCUT2D eigenvalue weighted by atomic mass is 19.4. The first-order valence-electron chi connectivity index (χ1n) is 15.7. The largest absolute Gasteiger partial charge is 0.421 e. The van der Waals surface area contributed by atoms with E-state index in [1.807, 2.05) is 6.07 Å². The average Bonchev–Trinajstić information content (AvgIpc) is 3.00. The molecule has 2 aromatic rings. The summed E-state index contributed by atoms with van der Waals surface area (Å²) in [5.74, 6) is 0.356. The zero-order valence-corrected chi connectivity index (χ0v) is 25.3. The van der Waals surface area contributed by atoms with E-state index >= 15 is 0 Å². The summed E-state index contributed by atoms with van der Waals surface area (Å²) in [4.78, 5) is 26.9. The van der Waals surface area contributed by atoms with E-state index in [4.69, 9.17) is 0 Å². The van der Waals surface area contributed by atoms with E-state index in [1.54, 1.807) is 4.90 Å². The van der Waals surface area contributed by atoms with Gasteiger partial charge < -0.3 is 30.7 Å². The Morgan fingerprint density at radius 3 is 2.53 bits per heavy atom. The number of alkyl halides is 3. The molecule has 1 aromatic carbocycles. The Labute approximate surface area is 252 Å². The minimum absolute atomic E-state index is 0.111. The second kappa shape index (κ2) is 14.1. The smallest absolute Gasteiger partial charge is 0.369 e. The van der Waals surface area contributed by atoms with Gasteiger partial charge in [0.2, 0.25) is 5.95 Å². The van der Waals surface area contributed by atoms with Gasteiger partial charge in [0.25, 0.3) is 0 Å². The van der Waals surface area contributed by atoms with Crippen molar-refractivity contribution in [1.29, 1.82) is 0 Å². The third kappa shape index (κ3) is 8.08. The molecule has 3 N–H and O–H groups in total. The van der Waals surface area contributed by atoms with E-state index < -0.39 is 11.7 Å². The fourth-order valence-electron chi connectivity index (χ4n) is 6.51. The van der Waals surface area contributed by atoms with Gasteiger partial charge in [0.15, 0.2) is 0 Å². The number of rotatable bonds is 10. The maximum atomic E-state index is 13.7. The number of anilines is 3. The van der Waals surface area contributed by atoms with Gasteiger partial charge in [0, 0.05) is 44.1 Å². The molecule has 0 atom stereocenters. The average molecular weight is 603 g/mol. The normalized spacial score (nSPS) is 19.8. The molecule has 2 amide bonds. The molecule has 0 radical (unpaired) electrons. The Morgan fingerprint density at radius 1 is 1.07 bits per heavy atom. The molecule has 43 heavy (non-hydrogen) atoms. The number of carbonyl (C=O) groups excluding carboxylic acids is 1. The molecule has 3 aliphatic heterocycles. The number of amides is 2. The minimum atomic E-state index is -4.59. The summed E-state index contributed by atoms with van der Waals surface area (Å²) in [6, 6.07) is 6.95. The van der Waals surface area contributed by atoms with Crippen molar-refractivity contribution in [2.75, 3.05) is 70.0 Å². The second-order valence-electron chi connectivity index (χ2n) is 12.0. The van der Waals surface area contributed by atoms with Crippen molar-refractivity contribution >= 4 is 23.5 Å². The van der Waals surface area contributed by atoms with Crippen LogP contribution in [0.3, 0.4) is 0 Å². The van der Waals surface area contributed by atoms with E-state index in [0.29, 0.717) is 38.0 Å². The summed E-state index contributed by atoms with van der Waals surface area (Å²) in [6.45, 7) is 8.69. The van der Waals surface area contributed by atoms with Crippen molar-refractivity contribution in [3.63, 3.8) is 0 Å². The number of piperidine rings is 2. The van der Waals surface area contributed by atoms with Gasteiger partial charge in [0.1, 0.15) is 11.4 Å². The number of carbonyl (C=O) groups is 1. The quantitative estimate of drug-likeness (QED) is 0.319. The van der Waals surface area contributed by atoms with Gasteiger partial charge in [-0.05, 0) is 101 Å². The lowest BCUT2D eigenvalue weighted by Crippen LogP contribution is -2.46. The molecule has 3 saturated heterocycles. The maximum absolute atomic E-state index is 13.7. The summed E-state index contributed by atoms with van der Waals surface area (Å²) in [7, 11) is 2.20. The number of benzene rings is 1. The van der Waals surface area contributed by atoms with Crippen LogP contribution in [-0.4, -0.2) is 96.1 Å². The molecule has 9 nitrogen and oxygen atoms in total. The molecule has 236 valence electrons. The Bertz CT molecular complexity index is 1230. The molecule has 0 unspecified atom stereocenters. The van der Waals surface area contributed by atoms with Crippen LogP contribution in [0.5, 0.6) is 0 Å². The van der Waals surface area contributed by atoms with E-state index in [2.05, 4.69) is 61.8 Å². The first-order chi connectivity index (χ1) is 20.7. The van der Waals surface area contributed by atoms with Crippen molar-refractivity contribution < 1.29 is 18.0 Å². The van der Waals surface area contributed by atoms with Crippen molar-refractivity contribution in [3.05, 3.63) is 41.1 Å². The van der Waals surface area contributed by atoms with Crippen LogP contribution in [0.4, 0.5) is 35.4 Å². The van der Waals surface area contributed by atoms with Crippen molar-refractivity contribution in [2.45, 2.75) is 70.0 Å². The Hall–Kier alpha value is -3.12. The molecule has 3 aliphatic rings. The van der Waals surface area contributed by atoms with E-state index in [9.17, 15) is 18.0 Å². The molecule has 4 heterocycles. The van der Waals surface area contributed by atoms with Crippen LogP contribution in [0.1, 0.15) is 68.1 Å². The lowest BCUT2D eigenvalue weighted by molar-refractivity contribution is -0.137. The van der Waals surface area contributed by atoms with Crippen LogP contribution >= 0.6 is 0 Å². The van der Waals surface area contributed by atoms with Gasteiger partial charge in [-0.3, -0.25) is 0 Å². The van der Waals surface area contributed by atoms with E-state index in [0.717, 1.165) is 56.2 Å². The molecule has 3 fully saturated rings. The van der Waals surface area contributed by atoms with Gasteiger partial charge in [-0.25, -0.2) is 9.78 Å². The monoisotopic (exact) mass is 602 g/mol. The van der Waals surface area contributed by atoms with Crippen molar-refractivity contribution in [2.24, 2.45) is 0 Å². The number of nitrogens with one attached hydrogen (secondary N) is 3. The van der Waals surface area contributed by atoms with E-state index in [-0.39, 0.29) is 24.3 Å². The molecule has 1 aromatic heterocycles. The molecule has 0 aliphatic carbocycles. The summed E-state index contributed by atoms with van der Waals surface area (Å²) < 4.78 is 41.2. The van der Waals surface area contributed by atoms with Gasteiger partial charge in [0.05, 0.1) is 0 Å². The van der Waals surface area contributed by atoms with Gasteiger partial charge in [-0.2, -0.15) is 18.2 Å². The van der Waals surface area contributed by atoms with Gasteiger partial charge in [-0.15, -0.1) is 0 Å². The zero-order chi connectivity index (χ0) is 30.4. The highest BCUT2D eigenvalue weighted by Crippen LogP contribution is 2.36. The van der Waals surface area contributed by atoms with Crippen LogP contribution in [-0.2, 0) is 12.6 Å². The summed E-state index contributed by atoms with van der Waals surface area (Å²) in [5, 5.41) is 8.79. The summed E-state index contributed by atoms with van der Waals surface area (Å²) >= 11 is 0. The third-order valence-electron chi connectivity index (χ3n) is 9.12. The zero-order valence-electron chi connectivity index (χ0n) is 25.3. The van der Waals surface area contributed by atoms with Crippen LogP contribution < -0.4 is 16.0 Å². The fraction of sp³-hybridized carbons (Fsp3) is 0.645. The molecule has 0 bridgehead atoms. The number of aryl methyl sites for hydroxylation is 1. The first-order valence-corrected chi connectivity index (χ1v) is 15.7.